The van der Waals surface area contributed by atoms with Gasteiger partial charge in [-0.25, -0.2) is 0 Å². The summed E-state index contributed by atoms with van der Waals surface area (Å²) in [6.45, 7) is 3.10. The van der Waals surface area contributed by atoms with Crippen LogP contribution in [0.4, 0.5) is 0 Å². The summed E-state index contributed by atoms with van der Waals surface area (Å²) in [5.74, 6) is 2.38. The van der Waals surface area contributed by atoms with Crippen molar-refractivity contribution in [3.05, 3.63) is 47.5 Å². The van der Waals surface area contributed by atoms with E-state index in [0.29, 0.717) is 0 Å². The largest absolute Gasteiger partial charge is 0.379 e. The van der Waals surface area contributed by atoms with Crippen LogP contribution in [0.1, 0.15) is 35.7 Å². The van der Waals surface area contributed by atoms with Gasteiger partial charge in [0.25, 0.3) is 0 Å². The van der Waals surface area contributed by atoms with Gasteiger partial charge in [0.15, 0.2) is 0 Å². The molecule has 3 heterocycles. The minimum absolute atomic E-state index is 0.0867. The molecule has 5 nitrogen and oxygen atoms in total. The predicted molar refractivity (Wildman–Crippen MR) is 77.0 cm³/mol. The number of benzene rings is 1. The molecule has 0 spiro atoms. The highest BCUT2D eigenvalue weighted by molar-refractivity contribution is 5.23. The highest BCUT2D eigenvalue weighted by Crippen LogP contribution is 2.41. The predicted octanol–water partition coefficient (Wildman–Crippen LogP) is 2.10. The van der Waals surface area contributed by atoms with Crippen LogP contribution in [0.25, 0.3) is 0 Å². The third-order valence-electron chi connectivity index (χ3n) is 4.34. The monoisotopic (exact) mass is 285 g/mol. The van der Waals surface area contributed by atoms with Crippen LogP contribution < -0.4 is 0 Å². The number of rotatable bonds is 2. The molecule has 0 aliphatic carbocycles. The summed E-state index contributed by atoms with van der Waals surface area (Å²) in [5.41, 5.74) is 1.22. The van der Waals surface area contributed by atoms with Crippen molar-refractivity contribution >= 4 is 0 Å². The second-order valence-electron chi connectivity index (χ2n) is 5.59. The average Bonchev–Trinajstić information content (AvgIpc) is 3.09. The maximum Gasteiger partial charge on any atom is 0.139 e. The van der Waals surface area contributed by atoms with Crippen LogP contribution in [0.3, 0.4) is 0 Å². The normalized spacial score (nSPS) is 25.5. The Hall–Kier alpha value is -1.72. The minimum atomic E-state index is 0.0867. The van der Waals surface area contributed by atoms with Crippen molar-refractivity contribution in [1.82, 2.24) is 14.8 Å². The van der Waals surface area contributed by atoms with Gasteiger partial charge in [-0.15, -0.1) is 10.2 Å². The molecular weight excluding hydrogens is 266 g/mol. The van der Waals surface area contributed by atoms with Crippen molar-refractivity contribution in [3.63, 3.8) is 0 Å². The molecule has 1 aromatic heterocycles. The molecule has 2 aromatic rings. The Morgan fingerprint density at radius 2 is 1.95 bits per heavy atom. The highest BCUT2D eigenvalue weighted by atomic mass is 16.5. The number of hydrogen-bond acceptors (Lipinski definition) is 4. The quantitative estimate of drug-likeness (QED) is 0.848. The summed E-state index contributed by atoms with van der Waals surface area (Å²) in [6, 6.07) is 10.4. The van der Waals surface area contributed by atoms with Gasteiger partial charge >= 0.3 is 0 Å². The molecule has 0 amide bonds. The van der Waals surface area contributed by atoms with Gasteiger partial charge in [0.2, 0.25) is 0 Å². The highest BCUT2D eigenvalue weighted by Gasteiger charge is 2.35. The van der Waals surface area contributed by atoms with Crippen molar-refractivity contribution in [3.8, 4) is 0 Å². The molecule has 2 aliphatic rings. The average molecular weight is 285 g/mol. The summed E-state index contributed by atoms with van der Waals surface area (Å²) in [5, 5.41) is 8.84. The smallest absolute Gasteiger partial charge is 0.139 e. The van der Waals surface area contributed by atoms with Crippen LogP contribution in [-0.2, 0) is 22.4 Å². The van der Waals surface area contributed by atoms with E-state index in [9.17, 15) is 0 Å². The first kappa shape index (κ1) is 13.0. The Morgan fingerprint density at radius 3 is 2.86 bits per heavy atom. The molecule has 1 fully saturated rings. The topological polar surface area (TPSA) is 49.2 Å². The van der Waals surface area contributed by atoms with E-state index in [-0.39, 0.29) is 12.0 Å². The van der Waals surface area contributed by atoms with E-state index in [1.165, 1.54) is 5.56 Å². The first-order valence-electron chi connectivity index (χ1n) is 7.60. The van der Waals surface area contributed by atoms with Crippen LogP contribution >= 0.6 is 0 Å². The Morgan fingerprint density at radius 1 is 1.05 bits per heavy atom. The van der Waals surface area contributed by atoms with Crippen LogP contribution in [-0.4, -0.2) is 34.6 Å². The minimum Gasteiger partial charge on any atom is -0.379 e. The van der Waals surface area contributed by atoms with Gasteiger partial charge < -0.3 is 14.0 Å². The van der Waals surface area contributed by atoms with E-state index in [0.717, 1.165) is 50.9 Å². The number of ether oxygens (including phenoxy) is 2. The van der Waals surface area contributed by atoms with E-state index in [1.807, 2.05) is 6.07 Å². The maximum absolute atomic E-state index is 5.99. The van der Waals surface area contributed by atoms with Crippen molar-refractivity contribution in [2.75, 3.05) is 19.8 Å². The molecule has 0 unspecified atom stereocenters. The Kier molecular flexibility index (Phi) is 3.45. The van der Waals surface area contributed by atoms with Crippen molar-refractivity contribution < 1.29 is 9.47 Å². The summed E-state index contributed by atoms with van der Waals surface area (Å²) >= 11 is 0. The summed E-state index contributed by atoms with van der Waals surface area (Å²) in [4.78, 5) is 0. The molecule has 0 N–H and O–H groups in total. The standard InChI is InChI=1S/C16H19N3O2/c1-2-4-12(5-3-1)15-13(6-10-21-15)16-18-17-14-7-9-20-11-8-19(14)16/h1-5,13,15H,6-11H2/t13-,15+/m0/s1. The lowest BCUT2D eigenvalue weighted by Crippen LogP contribution is -2.15. The van der Waals surface area contributed by atoms with Crippen molar-refractivity contribution in [2.24, 2.45) is 0 Å². The molecule has 110 valence electrons. The van der Waals surface area contributed by atoms with Gasteiger partial charge in [-0.1, -0.05) is 30.3 Å². The summed E-state index contributed by atoms with van der Waals surface area (Å²) in [7, 11) is 0. The van der Waals surface area contributed by atoms with Crippen LogP contribution in [0.2, 0.25) is 0 Å². The van der Waals surface area contributed by atoms with E-state index in [2.05, 4.69) is 39.0 Å². The van der Waals surface area contributed by atoms with Crippen LogP contribution in [0, 0.1) is 0 Å². The van der Waals surface area contributed by atoms with Gasteiger partial charge in [0, 0.05) is 19.6 Å². The van der Waals surface area contributed by atoms with E-state index in [4.69, 9.17) is 9.47 Å². The molecule has 5 heteroatoms. The Bertz CT molecular complexity index is 611. The zero-order chi connectivity index (χ0) is 14.1. The van der Waals surface area contributed by atoms with Crippen LogP contribution in [0.15, 0.2) is 30.3 Å². The number of nitrogens with zero attached hydrogens (tertiary/aromatic N) is 3. The molecule has 0 saturated carbocycles. The Labute approximate surface area is 123 Å². The van der Waals surface area contributed by atoms with Gasteiger partial charge in [-0.3, -0.25) is 0 Å². The van der Waals surface area contributed by atoms with Crippen molar-refractivity contribution in [2.45, 2.75) is 31.4 Å². The van der Waals surface area contributed by atoms with E-state index < -0.39 is 0 Å². The molecule has 0 bridgehead atoms. The van der Waals surface area contributed by atoms with Crippen LogP contribution in [0.5, 0.6) is 0 Å². The first-order valence-corrected chi connectivity index (χ1v) is 7.60. The fourth-order valence-corrected chi connectivity index (χ4v) is 3.30. The number of aromatic nitrogens is 3. The molecular formula is C16H19N3O2. The van der Waals surface area contributed by atoms with Gasteiger partial charge in [-0.2, -0.15) is 0 Å². The lowest BCUT2D eigenvalue weighted by molar-refractivity contribution is 0.102. The number of hydrogen-bond donors (Lipinski definition) is 0. The van der Waals surface area contributed by atoms with Gasteiger partial charge in [0.05, 0.1) is 25.2 Å². The maximum atomic E-state index is 5.99. The fourth-order valence-electron chi connectivity index (χ4n) is 3.30. The zero-order valence-corrected chi connectivity index (χ0v) is 11.9. The molecule has 1 saturated heterocycles. The molecule has 4 rings (SSSR count). The van der Waals surface area contributed by atoms with Gasteiger partial charge in [-0.05, 0) is 12.0 Å². The lowest BCUT2D eigenvalue weighted by atomic mass is 9.94. The van der Waals surface area contributed by atoms with E-state index >= 15 is 0 Å². The lowest BCUT2D eigenvalue weighted by Gasteiger charge is -2.19. The molecule has 2 atom stereocenters. The first-order chi connectivity index (χ1) is 10.4. The molecule has 2 aliphatic heterocycles. The second-order valence-corrected chi connectivity index (χ2v) is 5.59. The zero-order valence-electron chi connectivity index (χ0n) is 11.9. The SMILES string of the molecule is c1ccc([C@H]2OCC[C@@H]2c2nnc3n2CCOCC3)cc1. The summed E-state index contributed by atoms with van der Waals surface area (Å²) in [6.07, 6.45) is 1.93. The van der Waals surface area contributed by atoms with Crippen molar-refractivity contribution in [1.29, 1.82) is 0 Å². The molecule has 1 aromatic carbocycles. The summed E-state index contributed by atoms with van der Waals surface area (Å²) < 4.78 is 13.8. The fraction of sp³-hybridized carbons (Fsp3) is 0.500. The molecule has 0 radical (unpaired) electrons. The third-order valence-corrected chi connectivity index (χ3v) is 4.34. The Balaban J connectivity index is 1.68. The van der Waals surface area contributed by atoms with Gasteiger partial charge in [0.1, 0.15) is 11.6 Å². The third kappa shape index (κ3) is 2.36. The second kappa shape index (κ2) is 5.58. The molecule has 21 heavy (non-hydrogen) atoms. The van der Waals surface area contributed by atoms with E-state index in [1.54, 1.807) is 0 Å². The number of fused-ring (bicyclic) bond motifs is 1.